The van der Waals surface area contributed by atoms with Crippen LogP contribution in [0.3, 0.4) is 0 Å². The predicted octanol–water partition coefficient (Wildman–Crippen LogP) is 2.74. The molecule has 0 bridgehead atoms. The molecule has 0 radical (unpaired) electrons. The van der Waals surface area contributed by atoms with Gasteiger partial charge in [0.1, 0.15) is 0 Å². The molecule has 0 heterocycles. The van der Waals surface area contributed by atoms with E-state index in [9.17, 15) is 0 Å². The van der Waals surface area contributed by atoms with E-state index >= 15 is 0 Å². The summed E-state index contributed by atoms with van der Waals surface area (Å²) in [6.07, 6.45) is 5.14. The molecule has 0 saturated carbocycles. The predicted molar refractivity (Wildman–Crippen MR) is 69.3 cm³/mol. The molecule has 0 fully saturated rings. The van der Waals surface area contributed by atoms with E-state index in [2.05, 4.69) is 45.1 Å². The lowest BCUT2D eigenvalue weighted by molar-refractivity contribution is 0.357. The first-order valence-corrected chi connectivity index (χ1v) is 6.48. The molecule has 0 aliphatic rings. The molecule has 0 aromatic rings. The summed E-state index contributed by atoms with van der Waals surface area (Å²) in [5.41, 5.74) is 0. The van der Waals surface area contributed by atoms with E-state index in [-0.39, 0.29) is 0 Å². The Hall–Kier alpha value is -0.0800. The van der Waals surface area contributed by atoms with Gasteiger partial charge in [0.05, 0.1) is 0 Å². The topological polar surface area (TPSA) is 15.3 Å². The molecule has 1 N–H and O–H groups in total. The Balaban J connectivity index is 3.52. The molecule has 0 amide bonds. The van der Waals surface area contributed by atoms with Crippen molar-refractivity contribution in [2.24, 2.45) is 5.92 Å². The summed E-state index contributed by atoms with van der Waals surface area (Å²) < 4.78 is 0. The van der Waals surface area contributed by atoms with Crippen molar-refractivity contribution < 1.29 is 0 Å². The average Bonchev–Trinajstić information content (AvgIpc) is 2.21. The fraction of sp³-hybridized carbons (Fsp3) is 1.00. The van der Waals surface area contributed by atoms with Gasteiger partial charge in [-0.15, -0.1) is 0 Å². The molecule has 0 unspecified atom stereocenters. The van der Waals surface area contributed by atoms with E-state index in [4.69, 9.17) is 0 Å². The van der Waals surface area contributed by atoms with Crippen LogP contribution in [0.1, 0.15) is 46.5 Å². The van der Waals surface area contributed by atoms with E-state index in [1.807, 2.05) is 0 Å². The molecule has 15 heavy (non-hydrogen) atoms. The van der Waals surface area contributed by atoms with Crippen LogP contribution in [0.5, 0.6) is 0 Å². The maximum atomic E-state index is 3.66. The van der Waals surface area contributed by atoms with Crippen molar-refractivity contribution in [2.45, 2.75) is 52.5 Å². The number of rotatable bonds is 9. The van der Waals surface area contributed by atoms with Gasteiger partial charge >= 0.3 is 0 Å². The van der Waals surface area contributed by atoms with Gasteiger partial charge in [-0.05, 0) is 52.4 Å². The second-order valence-corrected chi connectivity index (χ2v) is 4.97. The van der Waals surface area contributed by atoms with Gasteiger partial charge in [0, 0.05) is 6.04 Å². The molecule has 92 valence electrons. The maximum absolute atomic E-state index is 3.66. The molecule has 2 nitrogen and oxygen atoms in total. The van der Waals surface area contributed by atoms with Crippen LogP contribution in [0.15, 0.2) is 0 Å². The van der Waals surface area contributed by atoms with E-state index in [0.29, 0.717) is 0 Å². The largest absolute Gasteiger partial charge is 0.314 e. The standard InChI is InChI=1S/C13H30N2/c1-6-12(3)11-13(7-2)14-9-8-10-15(4)5/h12-14H,6-11H2,1-5H3/t12-,13-/m1/s1. The number of hydrogen-bond acceptors (Lipinski definition) is 2. The molecule has 0 rings (SSSR count). The fourth-order valence-electron chi connectivity index (χ4n) is 1.75. The number of nitrogens with one attached hydrogen (secondary N) is 1. The third kappa shape index (κ3) is 8.88. The van der Waals surface area contributed by atoms with Gasteiger partial charge in [-0.3, -0.25) is 0 Å². The van der Waals surface area contributed by atoms with Gasteiger partial charge in [-0.25, -0.2) is 0 Å². The third-order valence-electron chi connectivity index (χ3n) is 3.09. The van der Waals surface area contributed by atoms with Gasteiger partial charge in [-0.1, -0.05) is 27.2 Å². The lowest BCUT2D eigenvalue weighted by Gasteiger charge is -2.20. The lowest BCUT2D eigenvalue weighted by atomic mass is 9.98. The molecular weight excluding hydrogens is 184 g/mol. The summed E-state index contributed by atoms with van der Waals surface area (Å²) >= 11 is 0. The maximum Gasteiger partial charge on any atom is 0.00669 e. The number of hydrogen-bond donors (Lipinski definition) is 1. The quantitative estimate of drug-likeness (QED) is 0.594. The molecule has 0 spiro atoms. The third-order valence-corrected chi connectivity index (χ3v) is 3.09. The fourth-order valence-corrected chi connectivity index (χ4v) is 1.75. The van der Waals surface area contributed by atoms with Gasteiger partial charge in [-0.2, -0.15) is 0 Å². The SMILES string of the molecule is CC[C@@H](C)C[C@@H](CC)NCCCN(C)C. The normalized spacial score (nSPS) is 15.6. The van der Waals surface area contributed by atoms with Gasteiger partial charge < -0.3 is 10.2 Å². The smallest absolute Gasteiger partial charge is 0.00669 e. The Kier molecular flexibility index (Phi) is 9.12. The highest BCUT2D eigenvalue weighted by atomic mass is 15.1. The zero-order chi connectivity index (χ0) is 11.7. The van der Waals surface area contributed by atoms with E-state index in [1.165, 1.54) is 32.2 Å². The summed E-state index contributed by atoms with van der Waals surface area (Å²) in [5, 5.41) is 3.66. The molecule has 2 heteroatoms. The van der Waals surface area contributed by atoms with Crippen molar-refractivity contribution >= 4 is 0 Å². The molecule has 2 atom stereocenters. The summed E-state index contributed by atoms with van der Waals surface area (Å²) in [4.78, 5) is 2.25. The minimum absolute atomic E-state index is 0.724. The van der Waals surface area contributed by atoms with Crippen molar-refractivity contribution in [3.8, 4) is 0 Å². The van der Waals surface area contributed by atoms with Crippen LogP contribution < -0.4 is 5.32 Å². The highest BCUT2D eigenvalue weighted by Crippen LogP contribution is 2.11. The highest BCUT2D eigenvalue weighted by Gasteiger charge is 2.09. The van der Waals surface area contributed by atoms with E-state index in [1.54, 1.807) is 0 Å². The van der Waals surface area contributed by atoms with Crippen molar-refractivity contribution in [3.05, 3.63) is 0 Å². The molecule has 0 aliphatic carbocycles. The van der Waals surface area contributed by atoms with Crippen LogP contribution in [0.4, 0.5) is 0 Å². The van der Waals surface area contributed by atoms with Gasteiger partial charge in [0.25, 0.3) is 0 Å². The van der Waals surface area contributed by atoms with Gasteiger partial charge in [0.2, 0.25) is 0 Å². The van der Waals surface area contributed by atoms with Crippen LogP contribution in [0.2, 0.25) is 0 Å². The summed E-state index contributed by atoms with van der Waals surface area (Å²) in [7, 11) is 4.27. The van der Waals surface area contributed by atoms with Crippen LogP contribution in [0.25, 0.3) is 0 Å². The minimum Gasteiger partial charge on any atom is -0.314 e. The Morgan fingerprint density at radius 1 is 1.13 bits per heavy atom. The van der Waals surface area contributed by atoms with Crippen LogP contribution >= 0.6 is 0 Å². The highest BCUT2D eigenvalue weighted by molar-refractivity contribution is 4.68. The second kappa shape index (κ2) is 9.17. The van der Waals surface area contributed by atoms with Crippen molar-refractivity contribution in [2.75, 3.05) is 27.2 Å². The van der Waals surface area contributed by atoms with Crippen molar-refractivity contribution in [3.63, 3.8) is 0 Å². The molecular formula is C13H30N2. The first kappa shape index (κ1) is 14.9. The minimum atomic E-state index is 0.724. The van der Waals surface area contributed by atoms with Crippen LogP contribution in [0, 0.1) is 5.92 Å². The van der Waals surface area contributed by atoms with Crippen molar-refractivity contribution in [1.29, 1.82) is 0 Å². The van der Waals surface area contributed by atoms with Gasteiger partial charge in [0.15, 0.2) is 0 Å². The van der Waals surface area contributed by atoms with Crippen molar-refractivity contribution in [1.82, 2.24) is 10.2 Å². The summed E-state index contributed by atoms with van der Waals surface area (Å²) in [5.74, 6) is 0.858. The van der Waals surface area contributed by atoms with Crippen LogP contribution in [-0.4, -0.2) is 38.1 Å². The average molecular weight is 214 g/mol. The Morgan fingerprint density at radius 2 is 1.80 bits per heavy atom. The zero-order valence-corrected chi connectivity index (χ0v) is 11.3. The lowest BCUT2D eigenvalue weighted by Crippen LogP contribution is -2.32. The monoisotopic (exact) mass is 214 g/mol. The Bertz CT molecular complexity index is 134. The first-order chi connectivity index (χ1) is 7.10. The van der Waals surface area contributed by atoms with Crippen LogP contribution in [-0.2, 0) is 0 Å². The first-order valence-electron chi connectivity index (χ1n) is 6.48. The Morgan fingerprint density at radius 3 is 2.27 bits per heavy atom. The van der Waals surface area contributed by atoms with E-state index in [0.717, 1.165) is 18.5 Å². The molecule has 0 aromatic carbocycles. The zero-order valence-electron chi connectivity index (χ0n) is 11.3. The van der Waals surface area contributed by atoms with E-state index < -0.39 is 0 Å². The molecule has 0 saturated heterocycles. The molecule has 0 aromatic heterocycles. The number of nitrogens with zero attached hydrogens (tertiary/aromatic N) is 1. The second-order valence-electron chi connectivity index (χ2n) is 4.97. The summed E-state index contributed by atoms with van der Waals surface area (Å²) in [6, 6.07) is 0.724. The Labute approximate surface area is 96.4 Å². The molecule has 0 aliphatic heterocycles. The summed E-state index contributed by atoms with van der Waals surface area (Å²) in [6.45, 7) is 9.26.